The third kappa shape index (κ3) is 6.35. The van der Waals surface area contributed by atoms with Crippen molar-refractivity contribution in [3.8, 4) is 16.9 Å². The van der Waals surface area contributed by atoms with Gasteiger partial charge in [-0.2, -0.15) is 18.3 Å². The van der Waals surface area contributed by atoms with E-state index < -0.39 is 12.1 Å². The van der Waals surface area contributed by atoms with E-state index in [1.165, 1.54) is 0 Å². The average Bonchev–Trinajstić information content (AvgIpc) is 3.39. The molecule has 29 heavy (non-hydrogen) atoms. The number of nitrogens with one attached hydrogen (secondary N) is 2. The van der Waals surface area contributed by atoms with E-state index in [9.17, 15) is 18.0 Å². The fraction of sp³-hybridized carbons (Fsp3) is 0.167. The Balaban J connectivity index is 0.000000370. The molecule has 0 radical (unpaired) electrons. The Morgan fingerprint density at radius 2 is 2.00 bits per heavy atom. The molecule has 0 aliphatic heterocycles. The lowest BCUT2D eigenvalue weighted by Gasteiger charge is -2.10. The van der Waals surface area contributed by atoms with Crippen LogP contribution < -0.4 is 10.1 Å². The highest BCUT2D eigenvalue weighted by Crippen LogP contribution is 2.26. The van der Waals surface area contributed by atoms with Gasteiger partial charge >= 0.3 is 12.1 Å². The van der Waals surface area contributed by atoms with Gasteiger partial charge in [0.2, 0.25) is 0 Å². The normalized spacial score (nSPS) is 10.6. The number of H-pyrrole nitrogens is 1. The number of methoxy groups -OCH3 is 1. The molecule has 3 rings (SSSR count). The minimum absolute atomic E-state index is 0.149. The van der Waals surface area contributed by atoms with E-state index in [1.54, 1.807) is 36.9 Å². The zero-order valence-electron chi connectivity index (χ0n) is 15.0. The number of aromatic amines is 1. The molecule has 7 nitrogen and oxygen atoms in total. The Hall–Kier alpha value is -3.34. The first-order valence-corrected chi connectivity index (χ1v) is 8.88. The Morgan fingerprint density at radius 3 is 2.52 bits per heavy atom. The SMILES string of the molecule is COc1cc(-c2cn[nH]c2)ccc1C(=O)NCc1cccs1.O=C(O)C(F)(F)F. The molecular weight excluding hydrogens is 411 g/mol. The van der Waals surface area contributed by atoms with Crippen molar-refractivity contribution in [2.75, 3.05) is 7.11 Å². The van der Waals surface area contributed by atoms with Crippen molar-refractivity contribution in [1.82, 2.24) is 15.5 Å². The van der Waals surface area contributed by atoms with Crippen molar-refractivity contribution < 1.29 is 32.6 Å². The van der Waals surface area contributed by atoms with Crippen molar-refractivity contribution >= 4 is 23.2 Å². The van der Waals surface area contributed by atoms with Crippen molar-refractivity contribution in [1.29, 1.82) is 0 Å². The Morgan fingerprint density at radius 1 is 1.28 bits per heavy atom. The lowest BCUT2D eigenvalue weighted by molar-refractivity contribution is -0.192. The van der Waals surface area contributed by atoms with E-state index in [-0.39, 0.29) is 5.91 Å². The molecule has 0 aliphatic carbocycles. The summed E-state index contributed by atoms with van der Waals surface area (Å²) < 4.78 is 37.1. The van der Waals surface area contributed by atoms with Gasteiger partial charge in [-0.05, 0) is 29.1 Å². The summed E-state index contributed by atoms with van der Waals surface area (Å²) in [5.74, 6) is -2.36. The van der Waals surface area contributed by atoms with Gasteiger partial charge in [0.1, 0.15) is 5.75 Å². The van der Waals surface area contributed by atoms with Crippen LogP contribution in [0.25, 0.3) is 11.1 Å². The first-order valence-electron chi connectivity index (χ1n) is 8.00. The Labute approximate surface area is 167 Å². The highest BCUT2D eigenvalue weighted by molar-refractivity contribution is 7.09. The van der Waals surface area contributed by atoms with Crippen LogP contribution >= 0.6 is 11.3 Å². The number of carboxylic acid groups (broad SMARTS) is 1. The monoisotopic (exact) mass is 427 g/mol. The predicted octanol–water partition coefficient (Wildman–Crippen LogP) is 3.71. The summed E-state index contributed by atoms with van der Waals surface area (Å²) in [7, 11) is 1.56. The molecule has 2 aromatic heterocycles. The van der Waals surface area contributed by atoms with Crippen LogP contribution in [0.5, 0.6) is 5.75 Å². The molecule has 0 spiro atoms. The van der Waals surface area contributed by atoms with Crippen LogP contribution in [0.3, 0.4) is 0 Å². The summed E-state index contributed by atoms with van der Waals surface area (Å²) in [5.41, 5.74) is 2.41. The molecule has 1 aromatic carbocycles. The maximum absolute atomic E-state index is 12.3. The molecular formula is C18H16F3N3O4S. The number of ether oxygens (including phenoxy) is 1. The van der Waals surface area contributed by atoms with Gasteiger partial charge in [-0.1, -0.05) is 12.1 Å². The smallest absolute Gasteiger partial charge is 0.490 e. The number of hydrogen-bond acceptors (Lipinski definition) is 5. The number of amides is 1. The summed E-state index contributed by atoms with van der Waals surface area (Å²) in [6.45, 7) is 0.517. The molecule has 2 heterocycles. The molecule has 0 aliphatic rings. The standard InChI is InChI=1S/C16H15N3O2S.C2HF3O2/c1-21-15-7-11(12-8-18-19-9-12)4-5-14(15)16(20)17-10-13-3-2-6-22-13;3-2(4,5)1(6)7/h2-9H,10H2,1H3,(H,17,20)(H,18,19);(H,6,7). The number of nitrogens with zero attached hydrogens (tertiary/aromatic N) is 1. The van der Waals surface area contributed by atoms with Gasteiger partial charge in [0, 0.05) is 16.6 Å². The molecule has 0 saturated carbocycles. The third-order valence-corrected chi connectivity index (χ3v) is 4.40. The van der Waals surface area contributed by atoms with Crippen LogP contribution in [0.2, 0.25) is 0 Å². The van der Waals surface area contributed by atoms with E-state index in [4.69, 9.17) is 14.6 Å². The maximum atomic E-state index is 12.3. The summed E-state index contributed by atoms with van der Waals surface area (Å²) >= 11 is 1.61. The summed E-state index contributed by atoms with van der Waals surface area (Å²) in [6.07, 6.45) is -1.56. The first-order chi connectivity index (χ1) is 13.7. The van der Waals surface area contributed by atoms with Gasteiger partial charge in [0.15, 0.2) is 0 Å². The van der Waals surface area contributed by atoms with E-state index in [2.05, 4.69) is 15.5 Å². The summed E-state index contributed by atoms with van der Waals surface area (Å²) in [6, 6.07) is 9.44. The fourth-order valence-electron chi connectivity index (χ4n) is 2.14. The highest BCUT2D eigenvalue weighted by Gasteiger charge is 2.38. The predicted molar refractivity (Wildman–Crippen MR) is 99.8 cm³/mol. The Kier molecular flexibility index (Phi) is 7.37. The second-order valence-corrected chi connectivity index (χ2v) is 6.50. The fourth-order valence-corrected chi connectivity index (χ4v) is 2.79. The van der Waals surface area contributed by atoms with Crippen LogP contribution in [0.1, 0.15) is 15.2 Å². The van der Waals surface area contributed by atoms with E-state index in [1.807, 2.05) is 29.6 Å². The summed E-state index contributed by atoms with van der Waals surface area (Å²) in [5, 5.41) is 18.7. The van der Waals surface area contributed by atoms with Gasteiger partial charge in [0.05, 0.1) is 25.4 Å². The van der Waals surface area contributed by atoms with Gasteiger partial charge in [-0.25, -0.2) is 4.79 Å². The molecule has 154 valence electrons. The van der Waals surface area contributed by atoms with Crippen LogP contribution in [-0.4, -0.2) is 40.5 Å². The number of rotatable bonds is 5. The van der Waals surface area contributed by atoms with E-state index in [0.29, 0.717) is 17.9 Å². The zero-order chi connectivity index (χ0) is 21.4. The first kappa shape index (κ1) is 22.0. The molecule has 0 unspecified atom stereocenters. The minimum atomic E-state index is -5.08. The van der Waals surface area contributed by atoms with E-state index in [0.717, 1.165) is 16.0 Å². The molecule has 3 N–H and O–H groups in total. The summed E-state index contributed by atoms with van der Waals surface area (Å²) in [4.78, 5) is 22.3. The largest absolute Gasteiger partial charge is 0.496 e. The number of carbonyl (C=O) groups excluding carboxylic acids is 1. The lowest BCUT2D eigenvalue weighted by atomic mass is 10.1. The van der Waals surface area contributed by atoms with E-state index >= 15 is 0 Å². The average molecular weight is 427 g/mol. The second kappa shape index (κ2) is 9.73. The molecule has 0 fully saturated rings. The Bertz CT molecular complexity index is 942. The van der Waals surface area contributed by atoms with Gasteiger partial charge in [-0.3, -0.25) is 9.89 Å². The van der Waals surface area contributed by atoms with Crippen LogP contribution in [0.15, 0.2) is 48.1 Å². The number of carboxylic acids is 1. The third-order valence-electron chi connectivity index (χ3n) is 3.52. The van der Waals surface area contributed by atoms with Crippen molar-refractivity contribution in [3.63, 3.8) is 0 Å². The van der Waals surface area contributed by atoms with Gasteiger partial charge in [-0.15, -0.1) is 11.3 Å². The zero-order valence-corrected chi connectivity index (χ0v) is 15.8. The number of thiophene rings is 1. The van der Waals surface area contributed by atoms with Crippen LogP contribution in [0, 0.1) is 0 Å². The lowest BCUT2D eigenvalue weighted by Crippen LogP contribution is -2.22. The second-order valence-electron chi connectivity index (χ2n) is 5.47. The minimum Gasteiger partial charge on any atom is -0.496 e. The number of aliphatic carboxylic acids is 1. The molecule has 3 aromatic rings. The number of aromatic nitrogens is 2. The number of hydrogen-bond donors (Lipinski definition) is 3. The molecule has 1 amide bonds. The maximum Gasteiger partial charge on any atom is 0.490 e. The topological polar surface area (TPSA) is 104 Å². The van der Waals surface area contributed by atoms with Crippen LogP contribution in [-0.2, 0) is 11.3 Å². The molecule has 0 atom stereocenters. The number of carbonyl (C=O) groups is 2. The molecule has 0 saturated heterocycles. The van der Waals surface area contributed by atoms with Crippen molar-refractivity contribution in [2.24, 2.45) is 0 Å². The van der Waals surface area contributed by atoms with Crippen molar-refractivity contribution in [3.05, 3.63) is 58.5 Å². The molecule has 11 heteroatoms. The number of halogens is 3. The highest BCUT2D eigenvalue weighted by atomic mass is 32.1. The molecule has 0 bridgehead atoms. The van der Waals surface area contributed by atoms with Crippen molar-refractivity contribution in [2.45, 2.75) is 12.7 Å². The van der Waals surface area contributed by atoms with Crippen LogP contribution in [0.4, 0.5) is 13.2 Å². The van der Waals surface area contributed by atoms with Gasteiger partial charge in [0.25, 0.3) is 5.91 Å². The number of benzene rings is 1. The quantitative estimate of drug-likeness (QED) is 0.576. The van der Waals surface area contributed by atoms with Gasteiger partial charge < -0.3 is 15.2 Å². The number of alkyl halides is 3.